The second-order valence-corrected chi connectivity index (χ2v) is 4.32. The molecule has 0 spiro atoms. The predicted octanol–water partition coefficient (Wildman–Crippen LogP) is 2.07. The van der Waals surface area contributed by atoms with Crippen LogP contribution in [-0.2, 0) is 4.79 Å². The lowest BCUT2D eigenvalue weighted by atomic mass is 10.2. The summed E-state index contributed by atoms with van der Waals surface area (Å²) in [7, 11) is 0. The smallest absolute Gasteiger partial charge is 0.317 e. The van der Waals surface area contributed by atoms with Gasteiger partial charge in [-0.05, 0) is 33.6 Å². The molecule has 0 atom stereocenters. The van der Waals surface area contributed by atoms with Crippen LogP contribution in [0.2, 0.25) is 0 Å². The molecule has 0 unspecified atom stereocenters. The Morgan fingerprint density at radius 3 is 2.35 bits per heavy atom. The summed E-state index contributed by atoms with van der Waals surface area (Å²) in [4.78, 5) is 23.7. The molecule has 0 radical (unpaired) electrons. The van der Waals surface area contributed by atoms with Gasteiger partial charge in [0.05, 0.1) is 0 Å². The van der Waals surface area contributed by atoms with Gasteiger partial charge in [-0.1, -0.05) is 6.42 Å². The summed E-state index contributed by atoms with van der Waals surface area (Å²) in [6.07, 6.45) is 2.54. The van der Waals surface area contributed by atoms with Gasteiger partial charge in [-0.25, -0.2) is 4.79 Å². The maximum Gasteiger partial charge on any atom is 0.317 e. The molecule has 0 aromatic rings. The van der Waals surface area contributed by atoms with Crippen molar-refractivity contribution < 1.29 is 14.7 Å². The van der Waals surface area contributed by atoms with E-state index in [2.05, 4.69) is 5.32 Å². The van der Waals surface area contributed by atoms with E-state index in [1.54, 1.807) is 4.90 Å². The number of unbranched alkanes of at least 4 members (excludes halogenated alkanes) is 2. The summed E-state index contributed by atoms with van der Waals surface area (Å²) in [5.74, 6) is -0.758. The zero-order valence-electron chi connectivity index (χ0n) is 11.0. The second kappa shape index (κ2) is 8.84. The number of nitrogens with zero attached hydrogens (tertiary/aromatic N) is 1. The van der Waals surface area contributed by atoms with Crippen molar-refractivity contribution in [2.24, 2.45) is 0 Å². The van der Waals surface area contributed by atoms with E-state index < -0.39 is 5.97 Å². The zero-order chi connectivity index (χ0) is 13.3. The Morgan fingerprint density at radius 2 is 1.88 bits per heavy atom. The fourth-order valence-corrected chi connectivity index (χ4v) is 1.62. The van der Waals surface area contributed by atoms with Crippen LogP contribution < -0.4 is 5.32 Å². The van der Waals surface area contributed by atoms with E-state index in [0.29, 0.717) is 19.5 Å². The van der Waals surface area contributed by atoms with E-state index >= 15 is 0 Å². The predicted molar refractivity (Wildman–Crippen MR) is 67.0 cm³/mol. The van der Waals surface area contributed by atoms with Crippen LogP contribution in [0, 0.1) is 0 Å². The third-order valence-electron chi connectivity index (χ3n) is 2.57. The Bertz CT molecular complexity index is 242. The summed E-state index contributed by atoms with van der Waals surface area (Å²) in [5, 5.41) is 11.3. The van der Waals surface area contributed by atoms with Crippen molar-refractivity contribution in [1.82, 2.24) is 10.2 Å². The number of carbonyl (C=O) groups excluding carboxylic acids is 1. The number of rotatable bonds is 8. The van der Waals surface area contributed by atoms with Gasteiger partial charge in [0.25, 0.3) is 0 Å². The number of carboxylic acids is 1. The number of nitrogens with one attached hydrogen (secondary N) is 1. The minimum absolute atomic E-state index is 0.0410. The summed E-state index contributed by atoms with van der Waals surface area (Å²) in [6.45, 7) is 7.22. The van der Waals surface area contributed by atoms with Crippen LogP contribution in [0.3, 0.4) is 0 Å². The Labute approximate surface area is 103 Å². The highest BCUT2D eigenvalue weighted by Crippen LogP contribution is 2.00. The van der Waals surface area contributed by atoms with Gasteiger partial charge in [0.2, 0.25) is 0 Å². The quantitative estimate of drug-likeness (QED) is 0.642. The third-order valence-corrected chi connectivity index (χ3v) is 2.57. The Kier molecular flexibility index (Phi) is 8.19. The first-order valence-corrected chi connectivity index (χ1v) is 6.25. The molecule has 17 heavy (non-hydrogen) atoms. The fraction of sp³-hybridized carbons (Fsp3) is 0.833. The molecular formula is C12H24N2O3. The number of hydrogen-bond acceptors (Lipinski definition) is 2. The first kappa shape index (κ1) is 15.7. The molecule has 0 aliphatic carbocycles. The minimum atomic E-state index is -0.758. The largest absolute Gasteiger partial charge is 0.481 e. The fourth-order valence-electron chi connectivity index (χ4n) is 1.62. The van der Waals surface area contributed by atoms with E-state index in [1.165, 1.54) is 0 Å². The number of amides is 2. The highest BCUT2D eigenvalue weighted by molar-refractivity contribution is 5.74. The molecule has 0 rings (SSSR count). The Morgan fingerprint density at radius 1 is 1.24 bits per heavy atom. The molecule has 0 fully saturated rings. The average Bonchev–Trinajstić information content (AvgIpc) is 2.23. The number of urea groups is 1. The molecule has 0 heterocycles. The SMILES string of the molecule is CCN(C(=O)NCCCCCC(=O)O)C(C)C. The first-order valence-electron chi connectivity index (χ1n) is 6.25. The van der Waals surface area contributed by atoms with Crippen LogP contribution in [0.1, 0.15) is 46.5 Å². The number of carboxylic acid groups (broad SMARTS) is 1. The molecule has 2 N–H and O–H groups in total. The van der Waals surface area contributed by atoms with Crippen molar-refractivity contribution >= 4 is 12.0 Å². The molecule has 100 valence electrons. The minimum Gasteiger partial charge on any atom is -0.481 e. The van der Waals surface area contributed by atoms with Gasteiger partial charge in [-0.2, -0.15) is 0 Å². The summed E-state index contributed by atoms with van der Waals surface area (Å²) >= 11 is 0. The Hall–Kier alpha value is -1.26. The van der Waals surface area contributed by atoms with Crippen molar-refractivity contribution in [1.29, 1.82) is 0 Å². The van der Waals surface area contributed by atoms with Crippen LogP contribution in [0.25, 0.3) is 0 Å². The molecule has 2 amide bonds. The van der Waals surface area contributed by atoms with E-state index in [0.717, 1.165) is 12.8 Å². The maximum atomic E-state index is 11.7. The van der Waals surface area contributed by atoms with Crippen LogP contribution in [0.5, 0.6) is 0 Å². The van der Waals surface area contributed by atoms with Crippen LogP contribution >= 0.6 is 0 Å². The molecule has 0 bridgehead atoms. The van der Waals surface area contributed by atoms with Crippen molar-refractivity contribution in [2.45, 2.75) is 52.5 Å². The molecule has 0 aromatic carbocycles. The topological polar surface area (TPSA) is 69.6 Å². The highest BCUT2D eigenvalue weighted by atomic mass is 16.4. The standard InChI is InChI=1S/C12H24N2O3/c1-4-14(10(2)3)12(17)13-9-7-5-6-8-11(15)16/h10H,4-9H2,1-3H3,(H,13,17)(H,15,16). The van der Waals surface area contributed by atoms with Gasteiger partial charge in [0.15, 0.2) is 0 Å². The van der Waals surface area contributed by atoms with Crippen LogP contribution in [0.15, 0.2) is 0 Å². The van der Waals surface area contributed by atoms with Crippen LogP contribution in [-0.4, -0.2) is 41.1 Å². The molecular weight excluding hydrogens is 220 g/mol. The third kappa shape index (κ3) is 7.60. The van der Waals surface area contributed by atoms with Gasteiger partial charge < -0.3 is 15.3 Å². The highest BCUT2D eigenvalue weighted by Gasteiger charge is 2.13. The molecule has 0 saturated heterocycles. The molecule has 5 nitrogen and oxygen atoms in total. The molecule has 5 heteroatoms. The number of aliphatic carboxylic acids is 1. The lowest BCUT2D eigenvalue weighted by Gasteiger charge is -2.25. The van der Waals surface area contributed by atoms with E-state index in [-0.39, 0.29) is 18.5 Å². The number of hydrogen-bond donors (Lipinski definition) is 2. The molecule has 0 aromatic heterocycles. The summed E-state index contributed by atoms with van der Waals surface area (Å²) in [5.41, 5.74) is 0. The van der Waals surface area contributed by atoms with Crippen molar-refractivity contribution in [3.05, 3.63) is 0 Å². The zero-order valence-corrected chi connectivity index (χ0v) is 11.0. The monoisotopic (exact) mass is 244 g/mol. The van der Waals surface area contributed by atoms with Crippen molar-refractivity contribution in [2.75, 3.05) is 13.1 Å². The maximum absolute atomic E-state index is 11.7. The molecule has 0 saturated carbocycles. The van der Waals surface area contributed by atoms with Gasteiger partial charge in [-0.15, -0.1) is 0 Å². The average molecular weight is 244 g/mol. The van der Waals surface area contributed by atoms with Gasteiger partial charge in [-0.3, -0.25) is 4.79 Å². The molecule has 0 aliphatic rings. The van der Waals surface area contributed by atoms with Crippen molar-refractivity contribution in [3.63, 3.8) is 0 Å². The van der Waals surface area contributed by atoms with Gasteiger partial charge in [0, 0.05) is 25.6 Å². The van der Waals surface area contributed by atoms with Crippen LogP contribution in [0.4, 0.5) is 4.79 Å². The van der Waals surface area contributed by atoms with Gasteiger partial charge >= 0.3 is 12.0 Å². The van der Waals surface area contributed by atoms with E-state index in [4.69, 9.17) is 5.11 Å². The lowest BCUT2D eigenvalue weighted by molar-refractivity contribution is -0.137. The lowest BCUT2D eigenvalue weighted by Crippen LogP contribution is -2.44. The summed E-state index contributed by atoms with van der Waals surface area (Å²) in [6, 6.07) is 0.160. The normalized spacial score (nSPS) is 10.4. The first-order chi connectivity index (χ1) is 7.99. The molecule has 0 aliphatic heterocycles. The second-order valence-electron chi connectivity index (χ2n) is 4.32. The van der Waals surface area contributed by atoms with E-state index in [9.17, 15) is 9.59 Å². The van der Waals surface area contributed by atoms with E-state index in [1.807, 2.05) is 20.8 Å². The number of carbonyl (C=O) groups is 2. The summed E-state index contributed by atoms with van der Waals surface area (Å²) < 4.78 is 0. The van der Waals surface area contributed by atoms with Crippen molar-refractivity contribution in [3.8, 4) is 0 Å². The van der Waals surface area contributed by atoms with Gasteiger partial charge in [0.1, 0.15) is 0 Å². The Balaban J connectivity index is 3.60.